The predicted octanol–water partition coefficient (Wildman–Crippen LogP) is 3.24. The van der Waals surface area contributed by atoms with Gasteiger partial charge in [0.1, 0.15) is 11.5 Å². The number of piperidine rings is 1. The smallest absolute Gasteiger partial charge is 0.260 e. The van der Waals surface area contributed by atoms with Crippen molar-refractivity contribution in [3.63, 3.8) is 0 Å². The van der Waals surface area contributed by atoms with E-state index in [4.69, 9.17) is 9.47 Å². The second-order valence-corrected chi connectivity index (χ2v) is 7.54. The van der Waals surface area contributed by atoms with Crippen molar-refractivity contribution in [3.8, 4) is 17.4 Å². The Morgan fingerprint density at radius 3 is 2.46 bits per heavy atom. The number of carbonyl (C=O) groups is 1. The second-order valence-electron chi connectivity index (χ2n) is 7.54. The van der Waals surface area contributed by atoms with Crippen LogP contribution in [0.2, 0.25) is 0 Å². The lowest BCUT2D eigenvalue weighted by Crippen LogP contribution is -2.46. The first-order valence-electron chi connectivity index (χ1n) is 10.1. The Morgan fingerprint density at radius 1 is 1.04 bits per heavy atom. The molecule has 1 aliphatic heterocycles. The number of nitrogens with one attached hydrogen (secondary N) is 1. The molecule has 2 fully saturated rings. The van der Waals surface area contributed by atoms with Gasteiger partial charge in [-0.3, -0.25) is 4.79 Å². The van der Waals surface area contributed by atoms with Gasteiger partial charge in [0.15, 0.2) is 6.61 Å². The number of hydrogen-bond acceptors (Lipinski definition) is 5. The lowest BCUT2D eigenvalue weighted by molar-refractivity contribution is -0.134. The summed E-state index contributed by atoms with van der Waals surface area (Å²) in [6.45, 7) is 2.82. The highest BCUT2D eigenvalue weighted by Gasteiger charge is 2.26. The topological polar surface area (TPSA) is 63.7 Å². The van der Waals surface area contributed by atoms with Gasteiger partial charge in [0, 0.05) is 31.4 Å². The number of ether oxygens (including phenoxy) is 2. The fraction of sp³-hybridized carbons (Fsp3) is 0.455. The monoisotopic (exact) mass is 381 g/mol. The van der Waals surface area contributed by atoms with Crippen LogP contribution in [0.5, 0.6) is 17.4 Å². The molecule has 1 aliphatic carbocycles. The summed E-state index contributed by atoms with van der Waals surface area (Å²) in [4.78, 5) is 18.4. The Hall–Kier alpha value is -2.60. The van der Waals surface area contributed by atoms with E-state index in [1.807, 2.05) is 29.2 Å². The number of nitrogens with zero attached hydrogens (tertiary/aromatic N) is 2. The molecule has 6 heteroatoms. The quantitative estimate of drug-likeness (QED) is 0.761. The molecule has 0 spiro atoms. The third kappa shape index (κ3) is 5.45. The van der Waals surface area contributed by atoms with Gasteiger partial charge in [-0.05, 0) is 68.5 Å². The zero-order chi connectivity index (χ0) is 19.2. The molecule has 1 aromatic heterocycles. The molecule has 1 aromatic carbocycles. The molecule has 0 bridgehead atoms. The Morgan fingerprint density at radius 2 is 1.79 bits per heavy atom. The molecule has 0 atom stereocenters. The number of rotatable bonds is 8. The van der Waals surface area contributed by atoms with Crippen LogP contribution in [-0.4, -0.2) is 48.1 Å². The maximum absolute atomic E-state index is 12.4. The van der Waals surface area contributed by atoms with E-state index in [9.17, 15) is 4.79 Å². The maximum atomic E-state index is 12.4. The van der Waals surface area contributed by atoms with Gasteiger partial charge in [-0.25, -0.2) is 4.98 Å². The number of pyridine rings is 1. The van der Waals surface area contributed by atoms with E-state index in [1.54, 1.807) is 24.4 Å². The summed E-state index contributed by atoms with van der Waals surface area (Å²) in [7, 11) is 0. The van der Waals surface area contributed by atoms with Crippen molar-refractivity contribution in [1.82, 2.24) is 15.2 Å². The number of likely N-dealkylation sites (tertiary alicyclic amines) is 1. The molecule has 2 heterocycles. The van der Waals surface area contributed by atoms with Gasteiger partial charge in [0.2, 0.25) is 5.88 Å². The number of amides is 1. The van der Waals surface area contributed by atoms with E-state index < -0.39 is 0 Å². The SMILES string of the molecule is O=C(COc1ccc(Oc2ccccn2)cc1)N1CCC(NCC2CC2)CC1. The van der Waals surface area contributed by atoms with Gasteiger partial charge in [0.25, 0.3) is 5.91 Å². The van der Waals surface area contributed by atoms with E-state index in [1.165, 1.54) is 12.8 Å². The van der Waals surface area contributed by atoms with Crippen molar-refractivity contribution in [3.05, 3.63) is 48.7 Å². The predicted molar refractivity (Wildman–Crippen MR) is 107 cm³/mol. The van der Waals surface area contributed by atoms with Crippen LogP contribution in [0, 0.1) is 5.92 Å². The van der Waals surface area contributed by atoms with Gasteiger partial charge >= 0.3 is 0 Å². The molecule has 148 valence electrons. The van der Waals surface area contributed by atoms with Crippen molar-refractivity contribution in [2.24, 2.45) is 5.92 Å². The molecular weight excluding hydrogens is 354 g/mol. The van der Waals surface area contributed by atoms with Crippen molar-refractivity contribution in [2.45, 2.75) is 31.7 Å². The average molecular weight is 381 g/mol. The molecule has 28 heavy (non-hydrogen) atoms. The lowest BCUT2D eigenvalue weighted by Gasteiger charge is -2.32. The summed E-state index contributed by atoms with van der Waals surface area (Å²) in [6.07, 6.45) is 6.48. The van der Waals surface area contributed by atoms with Crippen LogP contribution in [0.25, 0.3) is 0 Å². The van der Waals surface area contributed by atoms with Gasteiger partial charge in [-0.2, -0.15) is 0 Å². The lowest BCUT2D eigenvalue weighted by atomic mass is 10.0. The second kappa shape index (κ2) is 9.06. The summed E-state index contributed by atoms with van der Waals surface area (Å²) in [5, 5.41) is 3.64. The molecule has 1 saturated carbocycles. The highest BCUT2D eigenvalue weighted by Crippen LogP contribution is 2.28. The van der Waals surface area contributed by atoms with E-state index in [-0.39, 0.29) is 12.5 Å². The summed E-state index contributed by atoms with van der Waals surface area (Å²) >= 11 is 0. The van der Waals surface area contributed by atoms with Crippen LogP contribution in [0.3, 0.4) is 0 Å². The van der Waals surface area contributed by atoms with Gasteiger partial charge in [0.05, 0.1) is 0 Å². The molecule has 2 aromatic rings. The number of carbonyl (C=O) groups excluding carboxylic acids is 1. The zero-order valence-electron chi connectivity index (χ0n) is 16.0. The van der Waals surface area contributed by atoms with Crippen LogP contribution in [0.1, 0.15) is 25.7 Å². The van der Waals surface area contributed by atoms with Crippen molar-refractivity contribution < 1.29 is 14.3 Å². The van der Waals surface area contributed by atoms with Crippen molar-refractivity contribution in [2.75, 3.05) is 26.2 Å². The van der Waals surface area contributed by atoms with Crippen LogP contribution in [-0.2, 0) is 4.79 Å². The van der Waals surface area contributed by atoms with E-state index in [0.29, 0.717) is 23.4 Å². The molecule has 1 saturated heterocycles. The fourth-order valence-corrected chi connectivity index (χ4v) is 3.36. The van der Waals surface area contributed by atoms with Crippen LogP contribution < -0.4 is 14.8 Å². The Balaban J connectivity index is 1.18. The molecule has 4 rings (SSSR count). The molecule has 2 aliphatic rings. The summed E-state index contributed by atoms with van der Waals surface area (Å²) in [5.74, 6) is 2.82. The minimum atomic E-state index is 0.0504. The normalized spacial score (nSPS) is 17.4. The summed E-state index contributed by atoms with van der Waals surface area (Å²) in [6, 6.07) is 13.3. The van der Waals surface area contributed by atoms with Crippen LogP contribution in [0.15, 0.2) is 48.7 Å². The molecule has 0 unspecified atom stereocenters. The largest absolute Gasteiger partial charge is 0.484 e. The molecule has 1 amide bonds. The Labute approximate surface area is 165 Å². The minimum absolute atomic E-state index is 0.0504. The van der Waals surface area contributed by atoms with Crippen LogP contribution in [0.4, 0.5) is 0 Å². The fourth-order valence-electron chi connectivity index (χ4n) is 3.36. The number of hydrogen-bond donors (Lipinski definition) is 1. The molecule has 1 N–H and O–H groups in total. The van der Waals surface area contributed by atoms with E-state index in [0.717, 1.165) is 38.4 Å². The molecular formula is C22H27N3O3. The highest BCUT2D eigenvalue weighted by atomic mass is 16.5. The first-order valence-corrected chi connectivity index (χ1v) is 10.1. The van der Waals surface area contributed by atoms with E-state index >= 15 is 0 Å². The maximum Gasteiger partial charge on any atom is 0.260 e. The van der Waals surface area contributed by atoms with Gasteiger partial charge < -0.3 is 19.7 Å². The third-order valence-corrected chi connectivity index (χ3v) is 5.29. The Kier molecular flexibility index (Phi) is 6.07. The van der Waals surface area contributed by atoms with Crippen molar-refractivity contribution >= 4 is 5.91 Å². The van der Waals surface area contributed by atoms with Gasteiger partial charge in [-0.15, -0.1) is 0 Å². The highest BCUT2D eigenvalue weighted by molar-refractivity contribution is 5.77. The molecule has 0 radical (unpaired) electrons. The number of aromatic nitrogens is 1. The summed E-state index contributed by atoms with van der Waals surface area (Å²) < 4.78 is 11.3. The van der Waals surface area contributed by atoms with E-state index in [2.05, 4.69) is 10.3 Å². The molecule has 6 nitrogen and oxygen atoms in total. The van der Waals surface area contributed by atoms with Crippen LogP contribution >= 0.6 is 0 Å². The first kappa shape index (κ1) is 18.7. The zero-order valence-corrected chi connectivity index (χ0v) is 16.0. The minimum Gasteiger partial charge on any atom is -0.484 e. The number of benzene rings is 1. The third-order valence-electron chi connectivity index (χ3n) is 5.29. The van der Waals surface area contributed by atoms with Gasteiger partial charge in [-0.1, -0.05) is 6.07 Å². The van der Waals surface area contributed by atoms with Crippen molar-refractivity contribution in [1.29, 1.82) is 0 Å². The first-order chi connectivity index (χ1) is 13.8. The standard InChI is InChI=1S/C22H27N3O3/c26-22(25-13-10-18(11-14-25)24-15-17-4-5-17)16-27-19-6-8-20(9-7-19)28-21-3-1-2-12-23-21/h1-3,6-9,12,17-18,24H,4-5,10-11,13-16H2. The Bertz CT molecular complexity index is 754. The summed E-state index contributed by atoms with van der Waals surface area (Å²) in [5.41, 5.74) is 0. The average Bonchev–Trinajstić information content (AvgIpc) is 3.57.